The van der Waals surface area contributed by atoms with E-state index in [-0.39, 0.29) is 11.7 Å². The summed E-state index contributed by atoms with van der Waals surface area (Å²) in [6.07, 6.45) is 0.680. The van der Waals surface area contributed by atoms with E-state index >= 15 is 0 Å². The molecule has 0 spiro atoms. The predicted molar refractivity (Wildman–Crippen MR) is 102 cm³/mol. The van der Waals surface area contributed by atoms with Gasteiger partial charge in [0.2, 0.25) is 0 Å². The molecule has 0 aliphatic carbocycles. The number of nitrogens with two attached hydrogens (primary N) is 1. The monoisotopic (exact) mass is 378 g/mol. The van der Waals surface area contributed by atoms with E-state index in [0.717, 1.165) is 10.6 Å². The maximum atomic E-state index is 14.4. The van der Waals surface area contributed by atoms with Crippen LogP contribution < -0.4 is 11.1 Å². The molecule has 0 saturated carbocycles. The van der Waals surface area contributed by atoms with Gasteiger partial charge in [0.15, 0.2) is 5.17 Å². The Balaban J connectivity index is 1.92. The molecular weight excluding hydrogens is 359 g/mol. The fourth-order valence-corrected chi connectivity index (χ4v) is 4.57. The van der Waals surface area contributed by atoms with Crippen LogP contribution in [-0.4, -0.2) is 21.2 Å². The normalized spacial score (nSPS) is 20.2. The number of hydrogen-bond acceptors (Lipinski definition) is 6. The van der Waals surface area contributed by atoms with Gasteiger partial charge >= 0.3 is 0 Å². The summed E-state index contributed by atoms with van der Waals surface area (Å²) in [6.45, 7) is 5.52. The fraction of sp³-hybridized carbons (Fsp3) is 0.353. The Kier molecular flexibility index (Phi) is 4.83. The van der Waals surface area contributed by atoms with Gasteiger partial charge in [-0.25, -0.2) is 4.39 Å². The van der Waals surface area contributed by atoms with Gasteiger partial charge in [-0.3, -0.25) is 9.79 Å². The van der Waals surface area contributed by atoms with Crippen molar-refractivity contribution in [2.24, 2.45) is 10.7 Å². The molecule has 3 rings (SSSR count). The molecule has 132 valence electrons. The van der Waals surface area contributed by atoms with Gasteiger partial charge in [0.25, 0.3) is 5.91 Å². The minimum absolute atomic E-state index is 0.242. The zero-order valence-corrected chi connectivity index (χ0v) is 15.9. The second-order valence-corrected chi connectivity index (χ2v) is 8.26. The van der Waals surface area contributed by atoms with Crippen molar-refractivity contribution >= 4 is 40.1 Å². The Labute approximate surface area is 154 Å². The SMILES string of the molecule is Cc1nsc(C)c1C(=O)Nc1ccc(F)c([C@]2(C)CCSC(N)=N2)c1. The summed E-state index contributed by atoms with van der Waals surface area (Å²) < 4.78 is 18.6. The number of carbonyl (C=O) groups excluding carboxylic acids is 1. The number of benzene rings is 1. The number of nitrogens with zero attached hydrogens (tertiary/aromatic N) is 2. The number of thioether (sulfide) groups is 1. The van der Waals surface area contributed by atoms with Crippen LogP contribution in [0.3, 0.4) is 0 Å². The van der Waals surface area contributed by atoms with Crippen LogP contribution >= 0.6 is 23.3 Å². The van der Waals surface area contributed by atoms with Gasteiger partial charge in [-0.05, 0) is 56.9 Å². The van der Waals surface area contributed by atoms with Gasteiger partial charge < -0.3 is 11.1 Å². The van der Waals surface area contributed by atoms with Gasteiger partial charge in [0.1, 0.15) is 5.82 Å². The average Bonchev–Trinajstić information content (AvgIpc) is 2.87. The van der Waals surface area contributed by atoms with Crippen LogP contribution in [0.2, 0.25) is 0 Å². The van der Waals surface area contributed by atoms with E-state index in [1.165, 1.54) is 29.4 Å². The van der Waals surface area contributed by atoms with Crippen LogP contribution in [0.5, 0.6) is 0 Å². The Morgan fingerprint density at radius 1 is 1.40 bits per heavy atom. The number of nitrogens with one attached hydrogen (secondary N) is 1. The standard InChI is InChI=1S/C17H19FN4OS2/c1-9-14(10(2)25-22-9)15(23)20-11-4-5-13(18)12(8-11)17(3)6-7-24-16(19)21-17/h4-5,8H,6-7H2,1-3H3,(H2,19,21)(H,20,23)/t17-/m0/s1. The summed E-state index contributed by atoms with van der Waals surface area (Å²) in [4.78, 5) is 17.8. The van der Waals surface area contributed by atoms with Gasteiger partial charge in [-0.15, -0.1) is 0 Å². The minimum Gasteiger partial charge on any atom is -0.379 e. The Morgan fingerprint density at radius 2 is 2.16 bits per heavy atom. The van der Waals surface area contributed by atoms with Crippen LogP contribution in [0.4, 0.5) is 10.1 Å². The second kappa shape index (κ2) is 6.76. The number of aliphatic imine (C=N–C) groups is 1. The lowest BCUT2D eigenvalue weighted by Crippen LogP contribution is -2.29. The third-order valence-electron chi connectivity index (χ3n) is 4.26. The number of hydrogen-bond donors (Lipinski definition) is 2. The largest absolute Gasteiger partial charge is 0.379 e. The second-order valence-electron chi connectivity index (χ2n) is 6.17. The number of anilines is 1. The van der Waals surface area contributed by atoms with Crippen molar-refractivity contribution in [2.45, 2.75) is 32.7 Å². The molecule has 1 aromatic heterocycles. The van der Waals surface area contributed by atoms with Crippen molar-refractivity contribution in [1.82, 2.24) is 4.37 Å². The maximum Gasteiger partial charge on any atom is 0.258 e. The number of carbonyl (C=O) groups is 1. The lowest BCUT2D eigenvalue weighted by molar-refractivity contribution is 0.102. The molecule has 0 bridgehead atoms. The van der Waals surface area contributed by atoms with Crippen molar-refractivity contribution < 1.29 is 9.18 Å². The summed E-state index contributed by atoms with van der Waals surface area (Å²) in [5, 5.41) is 3.29. The highest BCUT2D eigenvalue weighted by molar-refractivity contribution is 8.13. The highest BCUT2D eigenvalue weighted by atomic mass is 32.2. The number of aromatic nitrogens is 1. The van der Waals surface area contributed by atoms with E-state index in [1.807, 2.05) is 13.8 Å². The summed E-state index contributed by atoms with van der Waals surface area (Å²) in [5.41, 5.74) is 7.32. The molecule has 25 heavy (non-hydrogen) atoms. The van der Waals surface area contributed by atoms with E-state index in [9.17, 15) is 9.18 Å². The average molecular weight is 378 g/mol. The van der Waals surface area contributed by atoms with Gasteiger partial charge in [0, 0.05) is 21.9 Å². The van der Waals surface area contributed by atoms with Gasteiger partial charge in [-0.1, -0.05) is 11.8 Å². The van der Waals surface area contributed by atoms with Crippen LogP contribution in [-0.2, 0) is 5.54 Å². The van der Waals surface area contributed by atoms with Gasteiger partial charge in [-0.2, -0.15) is 4.37 Å². The quantitative estimate of drug-likeness (QED) is 0.851. The Morgan fingerprint density at radius 3 is 2.80 bits per heavy atom. The van der Waals surface area contributed by atoms with E-state index in [4.69, 9.17) is 5.73 Å². The maximum absolute atomic E-state index is 14.4. The first-order chi connectivity index (χ1) is 11.8. The molecule has 1 aliphatic heterocycles. The third kappa shape index (κ3) is 3.55. The van der Waals surface area contributed by atoms with E-state index in [1.54, 1.807) is 19.1 Å². The lowest BCUT2D eigenvalue weighted by Gasteiger charge is -2.30. The molecule has 8 heteroatoms. The van der Waals surface area contributed by atoms with Crippen molar-refractivity contribution in [1.29, 1.82) is 0 Å². The summed E-state index contributed by atoms with van der Waals surface area (Å²) in [5.74, 6) is 0.183. The molecule has 0 fully saturated rings. The number of amidine groups is 1. The molecule has 0 saturated heterocycles. The Bertz CT molecular complexity index is 845. The topological polar surface area (TPSA) is 80.4 Å². The molecule has 2 heterocycles. The van der Waals surface area contributed by atoms with Crippen molar-refractivity contribution in [3.63, 3.8) is 0 Å². The first-order valence-electron chi connectivity index (χ1n) is 7.82. The summed E-state index contributed by atoms with van der Waals surface area (Å²) >= 11 is 2.76. The molecule has 1 aliphatic rings. The van der Waals surface area contributed by atoms with E-state index in [2.05, 4.69) is 14.7 Å². The van der Waals surface area contributed by atoms with Gasteiger partial charge in [0.05, 0.1) is 16.8 Å². The number of rotatable bonds is 3. The molecule has 0 unspecified atom stereocenters. The number of halogens is 1. The van der Waals surface area contributed by atoms with Crippen LogP contribution in [0.15, 0.2) is 23.2 Å². The van der Waals surface area contributed by atoms with Crippen LogP contribution in [0.1, 0.15) is 39.8 Å². The zero-order chi connectivity index (χ0) is 18.2. The molecule has 1 atom stereocenters. The Hall–Kier alpha value is -1.93. The molecule has 1 aromatic carbocycles. The zero-order valence-electron chi connectivity index (χ0n) is 14.2. The molecule has 1 amide bonds. The van der Waals surface area contributed by atoms with E-state index in [0.29, 0.717) is 34.1 Å². The summed E-state index contributed by atoms with van der Waals surface area (Å²) in [7, 11) is 0. The number of amides is 1. The smallest absolute Gasteiger partial charge is 0.258 e. The molecule has 3 N–H and O–H groups in total. The molecule has 5 nitrogen and oxygen atoms in total. The van der Waals surface area contributed by atoms with Crippen molar-refractivity contribution in [3.05, 3.63) is 45.7 Å². The van der Waals surface area contributed by atoms with E-state index < -0.39 is 5.54 Å². The molecule has 0 radical (unpaired) electrons. The number of aryl methyl sites for hydroxylation is 2. The highest BCUT2D eigenvalue weighted by Gasteiger charge is 2.32. The van der Waals surface area contributed by atoms with Crippen molar-refractivity contribution in [3.8, 4) is 0 Å². The van der Waals surface area contributed by atoms with Crippen molar-refractivity contribution in [2.75, 3.05) is 11.1 Å². The highest BCUT2D eigenvalue weighted by Crippen LogP contribution is 2.37. The molecular formula is C17H19FN4OS2. The first-order valence-corrected chi connectivity index (χ1v) is 9.58. The summed E-state index contributed by atoms with van der Waals surface area (Å²) in [6, 6.07) is 4.55. The fourth-order valence-electron chi connectivity index (χ4n) is 2.90. The molecule has 2 aromatic rings. The minimum atomic E-state index is -0.726. The first kappa shape index (κ1) is 17.9. The van der Waals surface area contributed by atoms with Crippen LogP contribution in [0, 0.1) is 19.7 Å². The lowest BCUT2D eigenvalue weighted by atomic mass is 9.89. The van der Waals surface area contributed by atoms with Crippen LogP contribution in [0.25, 0.3) is 0 Å². The third-order valence-corrected chi connectivity index (χ3v) is 5.90. The predicted octanol–water partition coefficient (Wildman–Crippen LogP) is 3.82.